The zero-order chi connectivity index (χ0) is 23.8. The molecule has 0 saturated carbocycles. The standard InChI is InChI=1S/C26H28N4O3/c1-5-19-7-11-21(12-8-19)17(3)27-29-25(31)23-15-16-24(33-23)26(32)30-28-18(4)22-13-9-20(6-2)10-14-22/h7-16H,5-6H2,1-4H3,(H,29,31)(H,30,32). The Bertz CT molecular complexity index is 1080. The molecule has 0 bridgehead atoms. The minimum atomic E-state index is -0.547. The van der Waals surface area contributed by atoms with E-state index in [9.17, 15) is 9.59 Å². The summed E-state index contributed by atoms with van der Waals surface area (Å²) in [7, 11) is 0. The molecule has 2 amide bonds. The van der Waals surface area contributed by atoms with Gasteiger partial charge in [-0.2, -0.15) is 10.2 Å². The number of nitrogens with one attached hydrogen (secondary N) is 2. The second-order valence-electron chi connectivity index (χ2n) is 7.54. The highest BCUT2D eigenvalue weighted by Gasteiger charge is 2.15. The lowest BCUT2D eigenvalue weighted by molar-refractivity contribution is 0.0902. The Morgan fingerprint density at radius 2 is 1.03 bits per heavy atom. The first kappa shape index (κ1) is 23.7. The van der Waals surface area contributed by atoms with E-state index in [0.29, 0.717) is 11.4 Å². The summed E-state index contributed by atoms with van der Waals surface area (Å²) in [4.78, 5) is 24.7. The average molecular weight is 445 g/mol. The van der Waals surface area contributed by atoms with Crippen LogP contribution in [0, 0.1) is 0 Å². The van der Waals surface area contributed by atoms with Crippen molar-refractivity contribution in [3.8, 4) is 0 Å². The summed E-state index contributed by atoms with van der Waals surface area (Å²) >= 11 is 0. The molecular formula is C26H28N4O3. The number of hydrogen-bond acceptors (Lipinski definition) is 5. The van der Waals surface area contributed by atoms with E-state index >= 15 is 0 Å². The minimum absolute atomic E-state index is 0.0195. The van der Waals surface area contributed by atoms with Gasteiger partial charge in [0.25, 0.3) is 0 Å². The Morgan fingerprint density at radius 1 is 0.667 bits per heavy atom. The quantitative estimate of drug-likeness (QED) is 0.389. The van der Waals surface area contributed by atoms with Gasteiger partial charge in [-0.25, -0.2) is 10.9 Å². The zero-order valence-electron chi connectivity index (χ0n) is 19.3. The maximum atomic E-state index is 12.3. The van der Waals surface area contributed by atoms with Crippen molar-refractivity contribution in [2.24, 2.45) is 10.2 Å². The molecule has 3 rings (SSSR count). The van der Waals surface area contributed by atoms with Crippen molar-refractivity contribution in [1.29, 1.82) is 0 Å². The molecule has 0 unspecified atom stereocenters. The van der Waals surface area contributed by atoms with Gasteiger partial charge in [-0.1, -0.05) is 62.4 Å². The summed E-state index contributed by atoms with van der Waals surface area (Å²) in [5.74, 6) is -1.13. The maximum Gasteiger partial charge on any atom is 0.307 e. The van der Waals surface area contributed by atoms with E-state index in [0.717, 1.165) is 24.0 Å². The molecule has 0 radical (unpaired) electrons. The zero-order valence-corrected chi connectivity index (χ0v) is 19.3. The fraction of sp³-hybridized carbons (Fsp3) is 0.231. The molecule has 1 aromatic heterocycles. The van der Waals surface area contributed by atoms with Gasteiger partial charge in [-0.05, 0) is 61.1 Å². The predicted molar refractivity (Wildman–Crippen MR) is 130 cm³/mol. The van der Waals surface area contributed by atoms with Crippen LogP contribution in [0.4, 0.5) is 0 Å². The van der Waals surface area contributed by atoms with Crippen LogP contribution in [0.1, 0.15) is 71.1 Å². The van der Waals surface area contributed by atoms with Gasteiger partial charge in [0, 0.05) is 0 Å². The van der Waals surface area contributed by atoms with Crippen LogP contribution in [-0.2, 0) is 12.8 Å². The van der Waals surface area contributed by atoms with E-state index in [4.69, 9.17) is 4.42 Å². The van der Waals surface area contributed by atoms with Crippen LogP contribution in [0.25, 0.3) is 0 Å². The van der Waals surface area contributed by atoms with Crippen molar-refractivity contribution in [3.05, 3.63) is 94.4 Å². The number of hydrazone groups is 2. The van der Waals surface area contributed by atoms with Gasteiger partial charge >= 0.3 is 11.8 Å². The number of furan rings is 1. The van der Waals surface area contributed by atoms with Gasteiger partial charge in [-0.3, -0.25) is 9.59 Å². The molecule has 0 saturated heterocycles. The number of amides is 2. The van der Waals surface area contributed by atoms with E-state index < -0.39 is 11.8 Å². The fourth-order valence-corrected chi connectivity index (χ4v) is 3.05. The first-order chi connectivity index (χ1) is 15.9. The third-order valence-corrected chi connectivity index (χ3v) is 5.26. The van der Waals surface area contributed by atoms with Crippen LogP contribution in [-0.4, -0.2) is 23.2 Å². The number of aryl methyl sites for hydroxylation is 2. The van der Waals surface area contributed by atoms with Gasteiger partial charge < -0.3 is 4.42 Å². The molecule has 0 aliphatic carbocycles. The molecule has 7 heteroatoms. The van der Waals surface area contributed by atoms with E-state index in [1.54, 1.807) is 13.8 Å². The second-order valence-corrected chi connectivity index (χ2v) is 7.54. The molecule has 0 fully saturated rings. The topological polar surface area (TPSA) is 96.1 Å². The average Bonchev–Trinajstić information content (AvgIpc) is 3.36. The molecule has 2 aromatic carbocycles. The van der Waals surface area contributed by atoms with Crippen molar-refractivity contribution < 1.29 is 14.0 Å². The summed E-state index contributed by atoms with van der Waals surface area (Å²) in [6.07, 6.45) is 1.91. The number of nitrogens with zero attached hydrogens (tertiary/aromatic N) is 2. The highest BCUT2D eigenvalue weighted by molar-refractivity contribution is 6.01. The highest BCUT2D eigenvalue weighted by atomic mass is 16.4. The summed E-state index contributed by atoms with van der Waals surface area (Å²) in [5, 5.41) is 8.24. The van der Waals surface area contributed by atoms with Crippen LogP contribution >= 0.6 is 0 Å². The molecule has 3 aromatic rings. The maximum absolute atomic E-state index is 12.3. The normalized spacial score (nSPS) is 11.9. The number of carbonyl (C=O) groups is 2. The van der Waals surface area contributed by atoms with Gasteiger partial charge in [0.05, 0.1) is 11.4 Å². The first-order valence-corrected chi connectivity index (χ1v) is 10.9. The molecule has 2 N–H and O–H groups in total. The van der Waals surface area contributed by atoms with Crippen LogP contribution < -0.4 is 10.9 Å². The van der Waals surface area contributed by atoms with Crippen LogP contribution in [0.5, 0.6) is 0 Å². The third-order valence-electron chi connectivity index (χ3n) is 5.26. The molecule has 7 nitrogen and oxygen atoms in total. The van der Waals surface area contributed by atoms with Gasteiger partial charge in [0.1, 0.15) is 0 Å². The second kappa shape index (κ2) is 11.0. The largest absolute Gasteiger partial charge is 0.446 e. The van der Waals surface area contributed by atoms with Crippen LogP contribution in [0.2, 0.25) is 0 Å². The molecular weight excluding hydrogens is 416 g/mol. The van der Waals surface area contributed by atoms with E-state index in [2.05, 4.69) is 34.9 Å². The molecule has 170 valence electrons. The Balaban J connectivity index is 1.59. The summed E-state index contributed by atoms with van der Waals surface area (Å²) in [6.45, 7) is 7.79. The number of rotatable bonds is 8. The first-order valence-electron chi connectivity index (χ1n) is 10.9. The molecule has 0 aliphatic heterocycles. The molecule has 0 spiro atoms. The SMILES string of the molecule is CCc1ccc(C(C)=NNC(=O)c2ccc(C(=O)NN=C(C)c3ccc(CC)cc3)o2)cc1. The smallest absolute Gasteiger partial charge is 0.307 e. The molecule has 1 heterocycles. The van der Waals surface area contributed by atoms with E-state index in [-0.39, 0.29) is 11.5 Å². The van der Waals surface area contributed by atoms with E-state index in [1.807, 2.05) is 48.5 Å². The number of carbonyl (C=O) groups excluding carboxylic acids is 2. The lowest BCUT2D eigenvalue weighted by Gasteiger charge is -2.04. The van der Waals surface area contributed by atoms with Gasteiger partial charge in [-0.15, -0.1) is 0 Å². The van der Waals surface area contributed by atoms with Gasteiger partial charge in [0.15, 0.2) is 11.5 Å². The molecule has 33 heavy (non-hydrogen) atoms. The van der Waals surface area contributed by atoms with Crippen molar-refractivity contribution in [3.63, 3.8) is 0 Å². The fourth-order valence-electron chi connectivity index (χ4n) is 3.05. The number of hydrogen-bond donors (Lipinski definition) is 2. The summed E-state index contributed by atoms with van der Waals surface area (Å²) < 4.78 is 5.38. The predicted octanol–water partition coefficient (Wildman–Crippen LogP) is 4.71. The lowest BCUT2D eigenvalue weighted by Crippen LogP contribution is -2.20. The van der Waals surface area contributed by atoms with Crippen molar-refractivity contribution in [2.45, 2.75) is 40.5 Å². The van der Waals surface area contributed by atoms with Crippen molar-refractivity contribution in [2.75, 3.05) is 0 Å². The van der Waals surface area contributed by atoms with Gasteiger partial charge in [0.2, 0.25) is 0 Å². The van der Waals surface area contributed by atoms with Crippen molar-refractivity contribution >= 4 is 23.2 Å². The van der Waals surface area contributed by atoms with E-state index in [1.165, 1.54) is 23.3 Å². The lowest BCUT2D eigenvalue weighted by atomic mass is 10.1. The molecule has 0 aliphatic rings. The summed E-state index contributed by atoms with van der Waals surface area (Å²) in [6, 6.07) is 18.8. The number of benzene rings is 2. The summed E-state index contributed by atoms with van der Waals surface area (Å²) in [5.41, 5.74) is 10.5. The monoisotopic (exact) mass is 444 g/mol. The Kier molecular flexibility index (Phi) is 7.91. The Hall–Kier alpha value is -4.00. The van der Waals surface area contributed by atoms with Crippen LogP contribution in [0.15, 0.2) is 75.3 Å². The third kappa shape index (κ3) is 6.26. The highest BCUT2D eigenvalue weighted by Crippen LogP contribution is 2.10. The van der Waals surface area contributed by atoms with Crippen LogP contribution in [0.3, 0.4) is 0 Å². The minimum Gasteiger partial charge on any atom is -0.446 e. The Morgan fingerprint density at radius 3 is 1.36 bits per heavy atom. The van der Waals surface area contributed by atoms with Crippen molar-refractivity contribution in [1.82, 2.24) is 10.9 Å². The molecule has 0 atom stereocenters. The Labute approximate surface area is 193 Å².